The highest BCUT2D eigenvalue weighted by molar-refractivity contribution is 5.92. The Bertz CT molecular complexity index is 604. The van der Waals surface area contributed by atoms with Crippen LogP contribution in [0.15, 0.2) is 30.5 Å². The van der Waals surface area contributed by atoms with E-state index in [0.717, 1.165) is 22.5 Å². The monoisotopic (exact) mass is 272 g/mol. The molecule has 0 aliphatic rings. The van der Waals surface area contributed by atoms with Crippen molar-refractivity contribution in [2.45, 2.75) is 20.4 Å². The molecule has 1 heterocycles. The molecule has 1 amide bonds. The molecule has 1 aromatic carbocycles. The van der Waals surface area contributed by atoms with E-state index in [-0.39, 0.29) is 12.5 Å². The molecular formula is C15H20N4O. The number of amides is 1. The molecule has 0 aliphatic heterocycles. The predicted octanol–water partition coefficient (Wildman–Crippen LogP) is 1.77. The molecular weight excluding hydrogens is 252 g/mol. The summed E-state index contributed by atoms with van der Waals surface area (Å²) in [7, 11) is 1.89. The van der Waals surface area contributed by atoms with E-state index in [1.54, 1.807) is 4.68 Å². The Hall–Kier alpha value is -2.14. The van der Waals surface area contributed by atoms with Crippen LogP contribution >= 0.6 is 0 Å². The van der Waals surface area contributed by atoms with E-state index in [1.807, 2.05) is 51.4 Å². The van der Waals surface area contributed by atoms with Gasteiger partial charge in [0.05, 0.1) is 12.2 Å². The van der Waals surface area contributed by atoms with E-state index in [2.05, 4.69) is 15.7 Å². The normalized spacial score (nSPS) is 10.6. The molecule has 1 aromatic heterocycles. The summed E-state index contributed by atoms with van der Waals surface area (Å²) in [6.07, 6.45) is 1.96. The highest BCUT2D eigenvalue weighted by atomic mass is 16.1. The zero-order valence-electron chi connectivity index (χ0n) is 12.1. The second-order valence-electron chi connectivity index (χ2n) is 4.88. The van der Waals surface area contributed by atoms with Gasteiger partial charge >= 0.3 is 0 Å². The minimum Gasteiger partial charge on any atom is -0.325 e. The lowest BCUT2D eigenvalue weighted by atomic mass is 10.2. The highest BCUT2D eigenvalue weighted by Crippen LogP contribution is 2.12. The fraction of sp³-hybridized carbons (Fsp3) is 0.333. The molecule has 0 saturated heterocycles. The van der Waals surface area contributed by atoms with Crippen molar-refractivity contribution in [1.29, 1.82) is 0 Å². The number of anilines is 1. The Morgan fingerprint density at radius 3 is 2.70 bits per heavy atom. The number of benzene rings is 1. The van der Waals surface area contributed by atoms with E-state index in [9.17, 15) is 4.79 Å². The summed E-state index contributed by atoms with van der Waals surface area (Å²) in [5, 5.41) is 10.3. The van der Waals surface area contributed by atoms with Crippen LogP contribution in [0.2, 0.25) is 0 Å². The van der Waals surface area contributed by atoms with E-state index < -0.39 is 0 Å². The predicted molar refractivity (Wildman–Crippen MR) is 79.5 cm³/mol. The number of carbonyl (C=O) groups is 1. The molecule has 0 aliphatic carbocycles. The summed E-state index contributed by atoms with van der Waals surface area (Å²) in [4.78, 5) is 11.9. The van der Waals surface area contributed by atoms with Gasteiger partial charge in [-0.2, -0.15) is 5.10 Å². The second kappa shape index (κ2) is 6.34. The van der Waals surface area contributed by atoms with Crippen LogP contribution in [0.5, 0.6) is 0 Å². The lowest BCUT2D eigenvalue weighted by Gasteiger charge is -2.08. The van der Waals surface area contributed by atoms with Crippen molar-refractivity contribution in [1.82, 2.24) is 15.1 Å². The Balaban J connectivity index is 1.81. The maximum absolute atomic E-state index is 11.9. The van der Waals surface area contributed by atoms with E-state index in [0.29, 0.717) is 6.54 Å². The molecule has 20 heavy (non-hydrogen) atoms. The van der Waals surface area contributed by atoms with Crippen LogP contribution < -0.4 is 10.6 Å². The lowest BCUT2D eigenvalue weighted by Crippen LogP contribution is -2.28. The minimum absolute atomic E-state index is 0.0409. The van der Waals surface area contributed by atoms with Gasteiger partial charge in [0.1, 0.15) is 0 Å². The third-order valence-electron chi connectivity index (χ3n) is 3.14. The number of carbonyl (C=O) groups excluding carboxylic acids is 1. The first kappa shape index (κ1) is 14.3. The number of nitrogens with one attached hydrogen (secondary N) is 2. The third-order valence-corrected chi connectivity index (χ3v) is 3.14. The molecule has 0 radical (unpaired) electrons. The van der Waals surface area contributed by atoms with Crippen LogP contribution in [0.4, 0.5) is 5.69 Å². The van der Waals surface area contributed by atoms with Crippen molar-refractivity contribution in [2.24, 2.45) is 7.05 Å². The number of para-hydroxylation sites is 1. The minimum atomic E-state index is -0.0409. The average molecular weight is 272 g/mol. The van der Waals surface area contributed by atoms with E-state index >= 15 is 0 Å². The molecule has 0 atom stereocenters. The summed E-state index contributed by atoms with van der Waals surface area (Å²) in [5.41, 5.74) is 4.01. The molecule has 2 rings (SSSR count). The topological polar surface area (TPSA) is 59.0 Å². The highest BCUT2D eigenvalue weighted by Gasteiger charge is 2.06. The fourth-order valence-electron chi connectivity index (χ4n) is 2.04. The number of rotatable bonds is 5. The lowest BCUT2D eigenvalue weighted by molar-refractivity contribution is -0.115. The smallest absolute Gasteiger partial charge is 0.238 e. The van der Waals surface area contributed by atoms with E-state index in [4.69, 9.17) is 0 Å². The van der Waals surface area contributed by atoms with Crippen LogP contribution in [0.1, 0.15) is 16.8 Å². The first-order valence-electron chi connectivity index (χ1n) is 6.61. The SMILES string of the molecule is Cc1ccccc1NC(=O)CNCc1cn(C)nc1C. The Labute approximate surface area is 119 Å². The molecule has 0 spiro atoms. The molecule has 0 saturated carbocycles. The van der Waals surface area contributed by atoms with Crippen LogP contribution in [0.25, 0.3) is 0 Å². The molecule has 0 fully saturated rings. The van der Waals surface area contributed by atoms with Gasteiger partial charge in [-0.15, -0.1) is 0 Å². The molecule has 0 bridgehead atoms. The molecule has 2 N–H and O–H groups in total. The summed E-state index contributed by atoms with van der Waals surface area (Å²) in [5.74, 6) is -0.0409. The second-order valence-corrected chi connectivity index (χ2v) is 4.88. The maximum Gasteiger partial charge on any atom is 0.238 e. The summed E-state index contributed by atoms with van der Waals surface area (Å²) in [6.45, 7) is 4.86. The van der Waals surface area contributed by atoms with Crippen molar-refractivity contribution in [3.8, 4) is 0 Å². The van der Waals surface area contributed by atoms with Gasteiger partial charge in [0.15, 0.2) is 0 Å². The van der Waals surface area contributed by atoms with Gasteiger partial charge in [-0.25, -0.2) is 0 Å². The summed E-state index contributed by atoms with van der Waals surface area (Å²) >= 11 is 0. The number of aryl methyl sites for hydroxylation is 3. The number of hydrogen-bond donors (Lipinski definition) is 2. The quantitative estimate of drug-likeness (QED) is 0.872. The van der Waals surface area contributed by atoms with Crippen LogP contribution in [-0.4, -0.2) is 22.2 Å². The zero-order valence-corrected chi connectivity index (χ0v) is 12.1. The third kappa shape index (κ3) is 3.68. The fourth-order valence-corrected chi connectivity index (χ4v) is 2.04. The van der Waals surface area contributed by atoms with Crippen molar-refractivity contribution in [2.75, 3.05) is 11.9 Å². The molecule has 106 valence electrons. The molecule has 5 heteroatoms. The molecule has 5 nitrogen and oxygen atoms in total. The van der Waals surface area contributed by atoms with Gasteiger partial charge in [0.2, 0.25) is 5.91 Å². The standard InChI is InChI=1S/C15H20N4O/c1-11-6-4-5-7-14(11)17-15(20)9-16-8-13-10-19(3)18-12(13)2/h4-7,10,16H,8-9H2,1-3H3,(H,17,20). The largest absolute Gasteiger partial charge is 0.325 e. The van der Waals surface area contributed by atoms with Gasteiger partial charge in [-0.1, -0.05) is 18.2 Å². The maximum atomic E-state index is 11.9. The van der Waals surface area contributed by atoms with Crippen LogP contribution in [-0.2, 0) is 18.4 Å². The first-order chi connectivity index (χ1) is 9.56. The summed E-state index contributed by atoms with van der Waals surface area (Å²) < 4.78 is 1.78. The van der Waals surface area contributed by atoms with Gasteiger partial charge in [0.25, 0.3) is 0 Å². The number of nitrogens with zero attached hydrogens (tertiary/aromatic N) is 2. The van der Waals surface area contributed by atoms with Gasteiger partial charge in [-0.3, -0.25) is 9.48 Å². The van der Waals surface area contributed by atoms with Crippen molar-refractivity contribution >= 4 is 11.6 Å². The van der Waals surface area contributed by atoms with Crippen molar-refractivity contribution in [3.05, 3.63) is 47.3 Å². The Kier molecular flexibility index (Phi) is 4.53. The van der Waals surface area contributed by atoms with Gasteiger partial charge in [-0.05, 0) is 25.5 Å². The number of hydrogen-bond acceptors (Lipinski definition) is 3. The summed E-state index contributed by atoms with van der Waals surface area (Å²) in [6, 6.07) is 7.74. The van der Waals surface area contributed by atoms with E-state index in [1.165, 1.54) is 0 Å². The molecule has 0 unspecified atom stereocenters. The van der Waals surface area contributed by atoms with Crippen molar-refractivity contribution in [3.63, 3.8) is 0 Å². The van der Waals surface area contributed by atoms with Crippen LogP contribution in [0.3, 0.4) is 0 Å². The van der Waals surface area contributed by atoms with Crippen LogP contribution in [0, 0.1) is 13.8 Å². The first-order valence-corrected chi connectivity index (χ1v) is 6.61. The Morgan fingerprint density at radius 1 is 1.30 bits per heavy atom. The van der Waals surface area contributed by atoms with Gasteiger partial charge in [0, 0.05) is 31.0 Å². The van der Waals surface area contributed by atoms with Gasteiger partial charge < -0.3 is 10.6 Å². The zero-order chi connectivity index (χ0) is 14.5. The Morgan fingerprint density at radius 2 is 2.05 bits per heavy atom. The number of aromatic nitrogens is 2. The average Bonchev–Trinajstić information content (AvgIpc) is 2.71. The molecule has 2 aromatic rings. The van der Waals surface area contributed by atoms with Crippen molar-refractivity contribution < 1.29 is 4.79 Å².